The molecule has 0 spiro atoms. The van der Waals surface area contributed by atoms with Crippen LogP contribution in [-0.2, 0) is 7.05 Å². The van der Waals surface area contributed by atoms with Crippen molar-refractivity contribution in [3.05, 3.63) is 55.0 Å². The number of aromatic nitrogens is 4. The summed E-state index contributed by atoms with van der Waals surface area (Å²) in [5.41, 5.74) is 4.28. The van der Waals surface area contributed by atoms with Crippen LogP contribution in [0.15, 0.2) is 55.0 Å². The average Bonchev–Trinajstić information content (AvgIpc) is 3.28. The van der Waals surface area contributed by atoms with Gasteiger partial charge in [-0.15, -0.1) is 0 Å². The van der Waals surface area contributed by atoms with Crippen LogP contribution in [0.5, 0.6) is 11.5 Å². The normalized spacial score (nSPS) is 11.6. The molecule has 4 rings (SSSR count). The van der Waals surface area contributed by atoms with Gasteiger partial charge >= 0.3 is 6.18 Å². The number of fused-ring (bicyclic) bond motifs is 1. The van der Waals surface area contributed by atoms with E-state index in [4.69, 9.17) is 14.5 Å². The quantitative estimate of drug-likeness (QED) is 0.353. The average molecular weight is 486 g/mol. The van der Waals surface area contributed by atoms with Gasteiger partial charge in [0.15, 0.2) is 0 Å². The maximum Gasteiger partial charge on any atom is 0.401 e. The lowest BCUT2D eigenvalue weighted by molar-refractivity contribution is -0.124. The van der Waals surface area contributed by atoms with Crippen molar-refractivity contribution < 1.29 is 22.6 Å². The van der Waals surface area contributed by atoms with Gasteiger partial charge in [-0.25, -0.2) is 4.98 Å². The Hall–Kier alpha value is -3.86. The SMILES string of the molecule is COc1cc(OC)cc(N(CCNCC(F)(F)F)c2ccc3ncc(-c4cnn(C)c4)nc3c2)c1. The van der Waals surface area contributed by atoms with E-state index in [1.807, 2.05) is 36.3 Å². The van der Waals surface area contributed by atoms with Gasteiger partial charge in [0.25, 0.3) is 0 Å². The van der Waals surface area contributed by atoms with Crippen LogP contribution in [-0.4, -0.2) is 59.8 Å². The predicted octanol–water partition coefficient (Wildman–Crippen LogP) is 4.34. The van der Waals surface area contributed by atoms with E-state index >= 15 is 0 Å². The van der Waals surface area contributed by atoms with E-state index in [1.54, 1.807) is 49.5 Å². The first-order chi connectivity index (χ1) is 16.8. The third-order valence-corrected chi connectivity index (χ3v) is 5.32. The second kappa shape index (κ2) is 10.2. The predicted molar refractivity (Wildman–Crippen MR) is 127 cm³/mol. The van der Waals surface area contributed by atoms with Crippen LogP contribution < -0.4 is 19.7 Å². The zero-order valence-electron chi connectivity index (χ0n) is 19.5. The molecule has 4 aromatic rings. The molecule has 11 heteroatoms. The van der Waals surface area contributed by atoms with Gasteiger partial charge < -0.3 is 19.7 Å². The summed E-state index contributed by atoms with van der Waals surface area (Å²) in [5.74, 6) is 1.12. The summed E-state index contributed by atoms with van der Waals surface area (Å²) in [5, 5.41) is 6.64. The summed E-state index contributed by atoms with van der Waals surface area (Å²) in [4.78, 5) is 11.1. The second-order valence-corrected chi connectivity index (χ2v) is 7.85. The molecular formula is C24H25F3N6O2. The Kier molecular flexibility index (Phi) is 7.06. The number of ether oxygens (including phenoxy) is 2. The summed E-state index contributed by atoms with van der Waals surface area (Å²) in [6, 6.07) is 10.9. The standard InChI is InChI=1S/C24H25F3N6O2/c1-32-14-16(12-30-32)23-13-29-21-5-4-17(10-22(21)31-23)33(7-6-28-15-24(25,26)27)18-8-19(34-2)11-20(9-18)35-3/h4-5,8-14,28H,6-7,15H2,1-3H3. The van der Waals surface area contributed by atoms with Gasteiger partial charge in [0.2, 0.25) is 0 Å². The van der Waals surface area contributed by atoms with E-state index in [-0.39, 0.29) is 13.1 Å². The highest BCUT2D eigenvalue weighted by Gasteiger charge is 2.26. The molecule has 0 fully saturated rings. The van der Waals surface area contributed by atoms with Crippen LogP contribution in [0.4, 0.5) is 24.5 Å². The summed E-state index contributed by atoms with van der Waals surface area (Å²) in [6.45, 7) is -0.716. The molecule has 8 nitrogen and oxygen atoms in total. The lowest BCUT2D eigenvalue weighted by Crippen LogP contribution is -2.34. The first-order valence-corrected chi connectivity index (χ1v) is 10.8. The number of rotatable bonds is 9. The lowest BCUT2D eigenvalue weighted by atomic mass is 10.2. The highest BCUT2D eigenvalue weighted by Crippen LogP contribution is 2.34. The van der Waals surface area contributed by atoms with Crippen LogP contribution >= 0.6 is 0 Å². The largest absolute Gasteiger partial charge is 0.497 e. The van der Waals surface area contributed by atoms with Crippen molar-refractivity contribution in [3.8, 4) is 22.8 Å². The number of nitrogens with zero attached hydrogens (tertiary/aromatic N) is 5. The number of hydrogen-bond donors (Lipinski definition) is 1. The lowest BCUT2D eigenvalue weighted by Gasteiger charge is -2.26. The molecule has 0 aliphatic rings. The molecule has 0 aliphatic carbocycles. The van der Waals surface area contributed by atoms with Crippen molar-refractivity contribution in [3.63, 3.8) is 0 Å². The van der Waals surface area contributed by atoms with Crippen LogP contribution in [0.25, 0.3) is 22.3 Å². The van der Waals surface area contributed by atoms with Crippen molar-refractivity contribution in [2.24, 2.45) is 7.05 Å². The number of anilines is 2. The van der Waals surface area contributed by atoms with Crippen LogP contribution in [0.2, 0.25) is 0 Å². The fraction of sp³-hybridized carbons (Fsp3) is 0.292. The first-order valence-electron chi connectivity index (χ1n) is 10.8. The van der Waals surface area contributed by atoms with Gasteiger partial charge in [-0.2, -0.15) is 18.3 Å². The topological polar surface area (TPSA) is 77.3 Å². The molecule has 2 aromatic carbocycles. The molecule has 0 saturated heterocycles. The Morgan fingerprint density at radius 2 is 1.71 bits per heavy atom. The van der Waals surface area contributed by atoms with E-state index in [2.05, 4.69) is 15.4 Å². The fourth-order valence-corrected chi connectivity index (χ4v) is 3.64. The zero-order chi connectivity index (χ0) is 25.0. The molecule has 0 aliphatic heterocycles. The van der Waals surface area contributed by atoms with E-state index in [0.717, 1.165) is 11.3 Å². The number of hydrogen-bond acceptors (Lipinski definition) is 7. The van der Waals surface area contributed by atoms with Gasteiger partial charge in [-0.1, -0.05) is 0 Å². The Morgan fingerprint density at radius 3 is 2.34 bits per heavy atom. The molecule has 0 saturated carbocycles. The Bertz CT molecular complexity index is 1290. The van der Waals surface area contributed by atoms with E-state index in [9.17, 15) is 13.2 Å². The van der Waals surface area contributed by atoms with Crippen molar-refractivity contribution in [1.29, 1.82) is 0 Å². The molecule has 0 atom stereocenters. The third-order valence-electron chi connectivity index (χ3n) is 5.32. The van der Waals surface area contributed by atoms with Crippen molar-refractivity contribution in [2.75, 3.05) is 38.8 Å². The minimum absolute atomic E-state index is 0.0957. The summed E-state index contributed by atoms with van der Waals surface area (Å²) < 4.78 is 50.4. The maximum atomic E-state index is 12.6. The van der Waals surface area contributed by atoms with Crippen molar-refractivity contribution in [2.45, 2.75) is 6.18 Å². The molecule has 1 N–H and O–H groups in total. The molecule has 184 valence electrons. The van der Waals surface area contributed by atoms with E-state index in [1.165, 1.54) is 0 Å². The Balaban J connectivity index is 1.71. The van der Waals surface area contributed by atoms with Gasteiger partial charge in [0.1, 0.15) is 11.5 Å². The number of alkyl halides is 3. The van der Waals surface area contributed by atoms with Crippen LogP contribution in [0.3, 0.4) is 0 Å². The fourth-order valence-electron chi connectivity index (χ4n) is 3.64. The number of benzene rings is 2. The number of methoxy groups -OCH3 is 2. The number of nitrogens with one attached hydrogen (secondary N) is 1. The van der Waals surface area contributed by atoms with Crippen LogP contribution in [0, 0.1) is 0 Å². The molecule has 2 aromatic heterocycles. The Labute approximate surface area is 200 Å². The zero-order valence-corrected chi connectivity index (χ0v) is 19.5. The Morgan fingerprint density at radius 1 is 0.971 bits per heavy atom. The van der Waals surface area contributed by atoms with E-state index < -0.39 is 12.7 Å². The minimum atomic E-state index is -4.29. The molecule has 0 amide bonds. The second-order valence-electron chi connectivity index (χ2n) is 7.85. The van der Waals surface area contributed by atoms with Crippen LogP contribution in [0.1, 0.15) is 0 Å². The third kappa shape index (κ3) is 5.99. The highest BCUT2D eigenvalue weighted by molar-refractivity contribution is 5.82. The van der Waals surface area contributed by atoms with Crippen molar-refractivity contribution in [1.82, 2.24) is 25.1 Å². The van der Waals surface area contributed by atoms with Crippen molar-refractivity contribution >= 4 is 22.4 Å². The smallest absolute Gasteiger partial charge is 0.401 e. The van der Waals surface area contributed by atoms with Gasteiger partial charge in [0.05, 0.1) is 49.9 Å². The highest BCUT2D eigenvalue weighted by atomic mass is 19.4. The van der Waals surface area contributed by atoms with Gasteiger partial charge in [-0.05, 0) is 18.2 Å². The number of halogens is 3. The summed E-state index contributed by atoms with van der Waals surface area (Å²) in [6.07, 6.45) is 0.956. The summed E-state index contributed by atoms with van der Waals surface area (Å²) >= 11 is 0. The molecule has 0 radical (unpaired) electrons. The van der Waals surface area contributed by atoms with Gasteiger partial charge in [0, 0.05) is 61.5 Å². The molecule has 2 heterocycles. The molecule has 0 bridgehead atoms. The van der Waals surface area contributed by atoms with E-state index in [0.29, 0.717) is 33.9 Å². The van der Waals surface area contributed by atoms with Gasteiger partial charge in [-0.3, -0.25) is 9.67 Å². The first kappa shape index (κ1) is 24.3. The monoisotopic (exact) mass is 486 g/mol. The number of aryl methyl sites for hydroxylation is 1. The summed E-state index contributed by atoms with van der Waals surface area (Å²) in [7, 11) is 4.90. The minimum Gasteiger partial charge on any atom is -0.497 e. The molecule has 0 unspecified atom stereocenters. The molecular weight excluding hydrogens is 461 g/mol. The molecule has 35 heavy (non-hydrogen) atoms. The maximum absolute atomic E-state index is 12.6.